The van der Waals surface area contributed by atoms with E-state index in [1.165, 1.54) is 7.11 Å². The Kier molecular flexibility index (Phi) is 5.07. The Morgan fingerprint density at radius 3 is 2.40 bits per heavy atom. The molecule has 1 unspecified atom stereocenters. The summed E-state index contributed by atoms with van der Waals surface area (Å²) < 4.78 is 28.0. The summed E-state index contributed by atoms with van der Waals surface area (Å²) in [5.41, 5.74) is -0.600. The predicted molar refractivity (Wildman–Crippen MR) is 77.2 cm³/mol. The molecule has 0 aromatic carbocycles. The van der Waals surface area contributed by atoms with E-state index in [1.807, 2.05) is 0 Å². The number of sulfone groups is 1. The van der Waals surface area contributed by atoms with Gasteiger partial charge in [-0.15, -0.1) is 0 Å². The average molecular weight is 303 g/mol. The lowest BCUT2D eigenvalue weighted by Gasteiger charge is -2.32. The van der Waals surface area contributed by atoms with Gasteiger partial charge < -0.3 is 10.1 Å². The highest BCUT2D eigenvalue weighted by atomic mass is 32.2. The molecule has 0 spiro atoms. The molecule has 20 heavy (non-hydrogen) atoms. The summed E-state index contributed by atoms with van der Waals surface area (Å²) in [6.07, 6.45) is 6.62. The van der Waals surface area contributed by atoms with Crippen molar-refractivity contribution in [3.05, 3.63) is 0 Å². The fourth-order valence-corrected chi connectivity index (χ4v) is 5.22. The highest BCUT2D eigenvalue weighted by Crippen LogP contribution is 2.29. The Bertz CT molecular complexity index is 438. The molecule has 5 nitrogen and oxygen atoms in total. The fraction of sp³-hybridized carbons (Fsp3) is 0.929. The van der Waals surface area contributed by atoms with Crippen LogP contribution in [0.15, 0.2) is 0 Å². The molecule has 2 fully saturated rings. The van der Waals surface area contributed by atoms with E-state index in [0.717, 1.165) is 38.5 Å². The minimum absolute atomic E-state index is 0.129. The lowest BCUT2D eigenvalue weighted by molar-refractivity contribution is -0.149. The highest BCUT2D eigenvalue weighted by molar-refractivity contribution is 7.91. The van der Waals surface area contributed by atoms with Gasteiger partial charge in [0.05, 0.1) is 18.6 Å². The first-order valence-corrected chi connectivity index (χ1v) is 9.33. The van der Waals surface area contributed by atoms with E-state index in [1.54, 1.807) is 0 Å². The fourth-order valence-electron chi connectivity index (χ4n) is 3.35. The van der Waals surface area contributed by atoms with Gasteiger partial charge in [-0.25, -0.2) is 8.42 Å². The Balaban J connectivity index is 1.99. The maximum absolute atomic E-state index is 12.2. The standard InChI is InChI=1S/C14H25NO4S/c1-19-13(16)14(7-4-2-3-5-8-14)15-10-12-6-9-20(17,18)11-12/h12,15H,2-11H2,1H3. The maximum Gasteiger partial charge on any atom is 0.326 e. The van der Waals surface area contributed by atoms with Gasteiger partial charge in [0.15, 0.2) is 9.84 Å². The lowest BCUT2D eigenvalue weighted by atomic mass is 9.89. The highest BCUT2D eigenvalue weighted by Gasteiger charge is 2.40. The van der Waals surface area contributed by atoms with Crippen LogP contribution in [0, 0.1) is 5.92 Å². The first kappa shape index (κ1) is 15.8. The van der Waals surface area contributed by atoms with Crippen molar-refractivity contribution in [2.75, 3.05) is 25.2 Å². The largest absolute Gasteiger partial charge is 0.468 e. The zero-order chi connectivity index (χ0) is 14.6. The van der Waals surface area contributed by atoms with E-state index < -0.39 is 15.4 Å². The molecule has 0 amide bonds. The van der Waals surface area contributed by atoms with Gasteiger partial charge in [0.1, 0.15) is 5.54 Å². The number of hydrogen-bond acceptors (Lipinski definition) is 5. The van der Waals surface area contributed by atoms with E-state index in [-0.39, 0.29) is 23.4 Å². The SMILES string of the molecule is COC(=O)C1(NCC2CCS(=O)(=O)C2)CCCCCC1. The van der Waals surface area contributed by atoms with Gasteiger partial charge in [0.2, 0.25) is 0 Å². The van der Waals surface area contributed by atoms with Crippen molar-refractivity contribution in [3.63, 3.8) is 0 Å². The minimum atomic E-state index is -2.86. The molecule has 0 aromatic heterocycles. The number of hydrogen-bond donors (Lipinski definition) is 1. The predicted octanol–water partition coefficient (Wildman–Crippen LogP) is 1.28. The molecular formula is C14H25NO4S. The van der Waals surface area contributed by atoms with Crippen LogP contribution in [0.2, 0.25) is 0 Å². The molecule has 6 heteroatoms. The second-order valence-electron chi connectivity index (χ2n) is 6.14. The molecule has 1 atom stereocenters. The summed E-state index contributed by atoms with van der Waals surface area (Å²) in [7, 11) is -1.43. The van der Waals surface area contributed by atoms with Crippen molar-refractivity contribution in [3.8, 4) is 0 Å². The van der Waals surface area contributed by atoms with Crippen LogP contribution in [0.5, 0.6) is 0 Å². The molecule has 1 aliphatic heterocycles. The second kappa shape index (κ2) is 6.43. The average Bonchev–Trinajstić information content (AvgIpc) is 2.64. The number of methoxy groups -OCH3 is 1. The third-order valence-electron chi connectivity index (χ3n) is 4.59. The molecule has 1 saturated carbocycles. The second-order valence-corrected chi connectivity index (χ2v) is 8.37. The molecule has 0 radical (unpaired) electrons. The molecule has 1 heterocycles. The van der Waals surface area contributed by atoms with Crippen LogP contribution in [0.1, 0.15) is 44.9 Å². The molecule has 116 valence electrons. The summed E-state index contributed by atoms with van der Waals surface area (Å²) >= 11 is 0. The van der Waals surface area contributed by atoms with E-state index in [9.17, 15) is 13.2 Å². The van der Waals surface area contributed by atoms with Crippen molar-refractivity contribution >= 4 is 15.8 Å². The summed E-state index contributed by atoms with van der Waals surface area (Å²) in [4.78, 5) is 12.2. The summed E-state index contributed by atoms with van der Waals surface area (Å²) in [6, 6.07) is 0. The van der Waals surface area contributed by atoms with Crippen LogP contribution >= 0.6 is 0 Å². The van der Waals surface area contributed by atoms with Crippen LogP contribution in [0.3, 0.4) is 0 Å². The van der Waals surface area contributed by atoms with Gasteiger partial charge >= 0.3 is 5.97 Å². The van der Waals surface area contributed by atoms with Gasteiger partial charge in [-0.1, -0.05) is 25.7 Å². The van der Waals surface area contributed by atoms with Crippen molar-refractivity contribution < 1.29 is 17.9 Å². The summed E-state index contributed by atoms with van der Waals surface area (Å²) in [6.45, 7) is 0.592. The van der Waals surface area contributed by atoms with E-state index in [4.69, 9.17) is 4.74 Å². The van der Waals surface area contributed by atoms with Crippen molar-refractivity contribution in [1.29, 1.82) is 0 Å². The molecule has 0 aromatic rings. The molecule has 1 aliphatic carbocycles. The molecular weight excluding hydrogens is 278 g/mol. The number of rotatable bonds is 4. The lowest BCUT2D eigenvalue weighted by Crippen LogP contribution is -2.53. The van der Waals surface area contributed by atoms with Gasteiger partial charge in [-0.3, -0.25) is 4.79 Å². The number of carbonyl (C=O) groups is 1. The third-order valence-corrected chi connectivity index (χ3v) is 6.43. The minimum Gasteiger partial charge on any atom is -0.468 e. The van der Waals surface area contributed by atoms with Crippen LogP contribution in [-0.4, -0.2) is 45.1 Å². The van der Waals surface area contributed by atoms with Crippen LogP contribution < -0.4 is 5.32 Å². The molecule has 1 N–H and O–H groups in total. The zero-order valence-electron chi connectivity index (χ0n) is 12.2. The first-order valence-electron chi connectivity index (χ1n) is 7.51. The van der Waals surface area contributed by atoms with Crippen molar-refractivity contribution in [2.45, 2.75) is 50.5 Å². The number of nitrogens with one attached hydrogen (secondary N) is 1. The number of esters is 1. The molecule has 0 bridgehead atoms. The molecule has 2 aliphatic rings. The van der Waals surface area contributed by atoms with Crippen LogP contribution in [0.4, 0.5) is 0 Å². The van der Waals surface area contributed by atoms with E-state index >= 15 is 0 Å². The van der Waals surface area contributed by atoms with Gasteiger partial charge in [-0.2, -0.15) is 0 Å². The Labute approximate surface area is 121 Å². The summed E-state index contributed by atoms with van der Waals surface area (Å²) in [5.74, 6) is 0.465. The quantitative estimate of drug-likeness (QED) is 0.625. The summed E-state index contributed by atoms with van der Waals surface area (Å²) in [5, 5.41) is 3.37. The van der Waals surface area contributed by atoms with Crippen molar-refractivity contribution in [2.24, 2.45) is 5.92 Å². The third kappa shape index (κ3) is 3.73. The topological polar surface area (TPSA) is 72.5 Å². The normalized spacial score (nSPS) is 28.8. The Hall–Kier alpha value is -0.620. The van der Waals surface area contributed by atoms with Crippen LogP contribution in [0.25, 0.3) is 0 Å². The number of ether oxygens (including phenoxy) is 1. The molecule has 2 rings (SSSR count). The van der Waals surface area contributed by atoms with Crippen LogP contribution in [-0.2, 0) is 19.4 Å². The van der Waals surface area contributed by atoms with Gasteiger partial charge in [0.25, 0.3) is 0 Å². The van der Waals surface area contributed by atoms with E-state index in [2.05, 4.69) is 5.32 Å². The zero-order valence-corrected chi connectivity index (χ0v) is 13.0. The number of carbonyl (C=O) groups excluding carboxylic acids is 1. The van der Waals surface area contributed by atoms with Crippen molar-refractivity contribution in [1.82, 2.24) is 5.32 Å². The Morgan fingerprint density at radius 2 is 1.90 bits per heavy atom. The Morgan fingerprint density at radius 1 is 1.25 bits per heavy atom. The monoisotopic (exact) mass is 303 g/mol. The van der Waals surface area contributed by atoms with E-state index in [0.29, 0.717) is 13.0 Å². The first-order chi connectivity index (χ1) is 9.47. The van der Waals surface area contributed by atoms with Gasteiger partial charge in [-0.05, 0) is 25.2 Å². The smallest absolute Gasteiger partial charge is 0.326 e. The maximum atomic E-state index is 12.2. The van der Waals surface area contributed by atoms with Gasteiger partial charge in [0, 0.05) is 6.54 Å². The molecule has 1 saturated heterocycles.